The Kier molecular flexibility index (Phi) is 9.63. The molecule has 2 amide bonds. The van der Waals surface area contributed by atoms with Gasteiger partial charge in [0.15, 0.2) is 11.5 Å². The van der Waals surface area contributed by atoms with Gasteiger partial charge in [0, 0.05) is 37.1 Å². The quantitative estimate of drug-likeness (QED) is 0.414. The summed E-state index contributed by atoms with van der Waals surface area (Å²) in [4.78, 5) is 28.4. The van der Waals surface area contributed by atoms with Crippen LogP contribution in [0.2, 0.25) is 0 Å². The third kappa shape index (κ3) is 6.09. The Morgan fingerprint density at radius 1 is 1.00 bits per heavy atom. The third-order valence-electron chi connectivity index (χ3n) is 10.4. The summed E-state index contributed by atoms with van der Waals surface area (Å²) < 4.78 is 22.1. The standard InChI is InChI=1S/C31H48N2O8/c1-19-10-13-33(14-11-19)27(36)17-21-22(35)7-8-25-30(21,2)12-9-26(31(25,3)18-34)41-29(37)32-20-15-23(38-4)28(40-6)24(16-20)39-5/h15-16,19,21-22,25-26,34-35H,7-14,17-18H2,1-6H3,(H,32,37). The second-order valence-corrected chi connectivity index (χ2v) is 12.7. The van der Waals surface area contributed by atoms with E-state index in [0.717, 1.165) is 25.9 Å². The second-order valence-electron chi connectivity index (χ2n) is 12.7. The highest BCUT2D eigenvalue weighted by Gasteiger charge is 2.60. The van der Waals surface area contributed by atoms with Crippen LogP contribution in [0.4, 0.5) is 10.5 Å². The van der Waals surface area contributed by atoms with Crippen molar-refractivity contribution in [3.63, 3.8) is 0 Å². The van der Waals surface area contributed by atoms with E-state index in [1.165, 1.54) is 21.3 Å². The Balaban J connectivity index is 1.49. The molecule has 3 N–H and O–H groups in total. The monoisotopic (exact) mass is 576 g/mol. The summed E-state index contributed by atoms with van der Waals surface area (Å²) in [5, 5.41) is 24.6. The van der Waals surface area contributed by atoms with Gasteiger partial charge in [0.2, 0.25) is 11.7 Å². The molecule has 1 aromatic rings. The molecule has 2 saturated carbocycles. The Morgan fingerprint density at radius 2 is 1.63 bits per heavy atom. The highest BCUT2D eigenvalue weighted by molar-refractivity contribution is 5.86. The molecule has 0 aromatic heterocycles. The zero-order chi connectivity index (χ0) is 29.9. The minimum atomic E-state index is -0.735. The van der Waals surface area contributed by atoms with Crippen LogP contribution in [-0.2, 0) is 9.53 Å². The lowest BCUT2D eigenvalue weighted by Crippen LogP contribution is -2.61. The number of nitrogens with one attached hydrogen (secondary N) is 1. The molecule has 10 nitrogen and oxygen atoms in total. The van der Waals surface area contributed by atoms with Crippen LogP contribution in [0, 0.1) is 28.6 Å². The highest BCUT2D eigenvalue weighted by atomic mass is 16.6. The van der Waals surface area contributed by atoms with E-state index in [0.29, 0.717) is 61.0 Å². The van der Waals surface area contributed by atoms with Crippen molar-refractivity contribution in [3.05, 3.63) is 12.1 Å². The van der Waals surface area contributed by atoms with Gasteiger partial charge in [-0.05, 0) is 61.7 Å². The maximum absolute atomic E-state index is 13.3. The number of hydrogen-bond donors (Lipinski definition) is 3. The summed E-state index contributed by atoms with van der Waals surface area (Å²) in [7, 11) is 4.51. The largest absolute Gasteiger partial charge is 0.493 e. The van der Waals surface area contributed by atoms with Crippen molar-refractivity contribution < 1.29 is 38.7 Å². The van der Waals surface area contributed by atoms with E-state index in [2.05, 4.69) is 19.2 Å². The molecule has 41 heavy (non-hydrogen) atoms. The van der Waals surface area contributed by atoms with Crippen molar-refractivity contribution in [1.29, 1.82) is 0 Å². The van der Waals surface area contributed by atoms with Crippen molar-refractivity contribution in [1.82, 2.24) is 4.90 Å². The average molecular weight is 577 g/mol. The number of methoxy groups -OCH3 is 3. The number of hydrogen-bond acceptors (Lipinski definition) is 8. The predicted octanol–water partition coefficient (Wildman–Crippen LogP) is 4.46. The molecule has 10 heteroatoms. The lowest BCUT2D eigenvalue weighted by molar-refractivity contribution is -0.186. The van der Waals surface area contributed by atoms with E-state index in [4.69, 9.17) is 18.9 Å². The number of benzene rings is 1. The Labute approximate surface area is 243 Å². The number of carbonyl (C=O) groups is 2. The fourth-order valence-electron chi connectivity index (χ4n) is 7.78. The molecule has 6 atom stereocenters. The smallest absolute Gasteiger partial charge is 0.411 e. The summed E-state index contributed by atoms with van der Waals surface area (Å²) >= 11 is 0. The van der Waals surface area contributed by atoms with Gasteiger partial charge >= 0.3 is 6.09 Å². The molecular formula is C31H48N2O8. The molecule has 3 fully saturated rings. The summed E-state index contributed by atoms with van der Waals surface area (Å²) in [5.41, 5.74) is -0.690. The number of carbonyl (C=O) groups excluding carboxylic acids is 2. The van der Waals surface area contributed by atoms with Gasteiger partial charge in [0.25, 0.3) is 0 Å². The number of aliphatic hydroxyl groups is 2. The number of amides is 2. The highest BCUT2D eigenvalue weighted by Crippen LogP contribution is 2.61. The first-order valence-electron chi connectivity index (χ1n) is 14.8. The molecular weight excluding hydrogens is 528 g/mol. The minimum Gasteiger partial charge on any atom is -0.493 e. The van der Waals surface area contributed by atoms with Gasteiger partial charge in [-0.15, -0.1) is 0 Å². The fraction of sp³-hybridized carbons (Fsp3) is 0.742. The van der Waals surface area contributed by atoms with Gasteiger partial charge in [-0.1, -0.05) is 20.8 Å². The molecule has 0 radical (unpaired) electrons. The van der Waals surface area contributed by atoms with E-state index in [-0.39, 0.29) is 29.8 Å². The number of rotatable bonds is 8. The number of anilines is 1. The average Bonchev–Trinajstić information content (AvgIpc) is 2.96. The van der Waals surface area contributed by atoms with Gasteiger partial charge in [0.05, 0.1) is 39.7 Å². The molecule has 1 aliphatic heterocycles. The van der Waals surface area contributed by atoms with E-state index < -0.39 is 23.7 Å². The summed E-state index contributed by atoms with van der Waals surface area (Å²) in [6, 6.07) is 3.25. The van der Waals surface area contributed by atoms with Crippen LogP contribution in [-0.4, -0.2) is 80.3 Å². The van der Waals surface area contributed by atoms with E-state index in [1.807, 2.05) is 11.8 Å². The normalized spacial score (nSPS) is 32.0. The van der Waals surface area contributed by atoms with Crippen LogP contribution in [0.1, 0.15) is 65.7 Å². The van der Waals surface area contributed by atoms with Crippen molar-refractivity contribution in [2.24, 2.45) is 28.6 Å². The van der Waals surface area contributed by atoms with Gasteiger partial charge in [0.1, 0.15) is 6.10 Å². The van der Waals surface area contributed by atoms with Crippen LogP contribution in [0.15, 0.2) is 12.1 Å². The summed E-state index contributed by atoms with van der Waals surface area (Å²) in [5.74, 6) is 1.70. The lowest BCUT2D eigenvalue weighted by atomic mass is 9.46. The fourth-order valence-corrected chi connectivity index (χ4v) is 7.78. The molecule has 230 valence electrons. The van der Waals surface area contributed by atoms with Crippen LogP contribution in [0.3, 0.4) is 0 Å². The summed E-state index contributed by atoms with van der Waals surface area (Å²) in [6.07, 6.45) is 3.01. The van der Waals surface area contributed by atoms with Gasteiger partial charge < -0.3 is 34.1 Å². The maximum Gasteiger partial charge on any atom is 0.411 e. The van der Waals surface area contributed by atoms with Crippen LogP contribution in [0.5, 0.6) is 17.2 Å². The molecule has 2 aliphatic carbocycles. The Bertz CT molecular complexity index is 1060. The SMILES string of the molecule is COc1cc(NC(=O)OC2CCC3(C)C(CC(=O)N4CCC(C)CC4)C(O)CCC3C2(C)CO)cc(OC)c1OC. The number of ether oxygens (including phenoxy) is 4. The molecule has 0 bridgehead atoms. The van der Waals surface area contributed by atoms with Crippen LogP contribution >= 0.6 is 0 Å². The van der Waals surface area contributed by atoms with Crippen molar-refractivity contribution in [2.75, 3.05) is 46.3 Å². The van der Waals surface area contributed by atoms with E-state index in [9.17, 15) is 19.8 Å². The number of piperidine rings is 1. The lowest BCUT2D eigenvalue weighted by Gasteiger charge is -2.60. The zero-order valence-corrected chi connectivity index (χ0v) is 25.4. The molecule has 1 heterocycles. The Hall–Kier alpha value is -2.72. The van der Waals surface area contributed by atoms with Crippen LogP contribution in [0.25, 0.3) is 0 Å². The van der Waals surface area contributed by atoms with E-state index in [1.54, 1.807) is 12.1 Å². The van der Waals surface area contributed by atoms with E-state index >= 15 is 0 Å². The summed E-state index contributed by atoms with van der Waals surface area (Å²) in [6.45, 7) is 7.71. The maximum atomic E-state index is 13.3. The Morgan fingerprint density at radius 3 is 2.20 bits per heavy atom. The zero-order valence-electron chi connectivity index (χ0n) is 25.4. The molecule has 0 spiro atoms. The topological polar surface area (TPSA) is 127 Å². The number of aliphatic hydroxyl groups excluding tert-OH is 2. The first-order valence-corrected chi connectivity index (χ1v) is 14.8. The molecule has 1 aromatic carbocycles. The minimum absolute atomic E-state index is 0.0321. The van der Waals surface area contributed by atoms with Crippen LogP contribution < -0.4 is 19.5 Å². The number of fused-ring (bicyclic) bond motifs is 1. The number of likely N-dealkylation sites (tertiary alicyclic amines) is 1. The van der Waals surface area contributed by atoms with Gasteiger partial charge in [-0.25, -0.2) is 4.79 Å². The number of nitrogens with zero attached hydrogens (tertiary/aromatic N) is 1. The second kappa shape index (κ2) is 12.7. The molecule has 3 aliphatic rings. The third-order valence-corrected chi connectivity index (χ3v) is 10.4. The molecule has 1 saturated heterocycles. The molecule has 6 unspecified atom stereocenters. The van der Waals surface area contributed by atoms with Crippen molar-refractivity contribution >= 4 is 17.7 Å². The first kappa shape index (κ1) is 31.2. The van der Waals surface area contributed by atoms with Crippen molar-refractivity contribution in [3.8, 4) is 17.2 Å². The van der Waals surface area contributed by atoms with Gasteiger partial charge in [-0.3, -0.25) is 10.1 Å². The predicted molar refractivity (Wildman–Crippen MR) is 154 cm³/mol. The van der Waals surface area contributed by atoms with Crippen molar-refractivity contribution in [2.45, 2.75) is 77.9 Å². The molecule has 4 rings (SSSR count). The first-order chi connectivity index (χ1) is 19.5. The van der Waals surface area contributed by atoms with Gasteiger partial charge in [-0.2, -0.15) is 0 Å².